The molecule has 0 heterocycles. The van der Waals surface area contributed by atoms with Crippen molar-refractivity contribution in [3.63, 3.8) is 0 Å². The third kappa shape index (κ3) is 10.7. The molecule has 0 aliphatic heterocycles. The number of ketones is 1. The Morgan fingerprint density at radius 2 is 1.46 bits per heavy atom. The van der Waals surface area contributed by atoms with Gasteiger partial charge in [0.2, 0.25) is 0 Å². The monoisotopic (exact) mass is 387 g/mol. The van der Waals surface area contributed by atoms with E-state index in [1.807, 2.05) is 31.2 Å². The molecule has 1 rings (SSSR count). The fourth-order valence-corrected chi connectivity index (χ4v) is 3.13. The van der Waals surface area contributed by atoms with Gasteiger partial charge in [-0.1, -0.05) is 45.6 Å². The van der Waals surface area contributed by atoms with Crippen molar-refractivity contribution in [2.75, 3.05) is 26.2 Å². The summed E-state index contributed by atoms with van der Waals surface area (Å²) in [5, 5.41) is 0. The highest BCUT2D eigenvalue weighted by Gasteiger charge is 2.06. The first-order valence-corrected chi connectivity index (χ1v) is 11.3. The van der Waals surface area contributed by atoms with Crippen molar-refractivity contribution in [3.8, 4) is 5.75 Å². The second kappa shape index (κ2) is 15.3. The molecule has 0 atom stereocenters. The fourth-order valence-electron chi connectivity index (χ4n) is 3.13. The van der Waals surface area contributed by atoms with Crippen LogP contribution in [0.3, 0.4) is 0 Å². The van der Waals surface area contributed by atoms with Crippen LogP contribution in [0.15, 0.2) is 35.9 Å². The smallest absolute Gasteiger partial charge is 0.185 e. The Kier molecular flexibility index (Phi) is 13.4. The molecule has 0 saturated heterocycles. The largest absolute Gasteiger partial charge is 0.494 e. The Balaban J connectivity index is 2.40. The lowest BCUT2D eigenvalue weighted by Crippen LogP contribution is -2.28. The summed E-state index contributed by atoms with van der Waals surface area (Å²) in [6, 6.07) is 7.56. The number of nitrogens with zero attached hydrogens (tertiary/aromatic N) is 1. The number of hydrogen-bond acceptors (Lipinski definition) is 3. The molecule has 0 saturated carbocycles. The maximum absolute atomic E-state index is 12.3. The molecule has 0 N–H and O–H groups in total. The van der Waals surface area contributed by atoms with Crippen molar-refractivity contribution in [2.24, 2.45) is 0 Å². The Bertz CT molecular complexity index is 554. The second-order valence-corrected chi connectivity index (χ2v) is 7.73. The molecule has 158 valence electrons. The molecule has 0 amide bonds. The summed E-state index contributed by atoms with van der Waals surface area (Å²) in [4.78, 5) is 14.9. The van der Waals surface area contributed by atoms with Gasteiger partial charge in [-0.2, -0.15) is 0 Å². The van der Waals surface area contributed by atoms with E-state index in [-0.39, 0.29) is 5.78 Å². The molecular weight excluding hydrogens is 346 g/mol. The molecule has 0 radical (unpaired) electrons. The van der Waals surface area contributed by atoms with Gasteiger partial charge in [0.05, 0.1) is 6.61 Å². The summed E-state index contributed by atoms with van der Waals surface area (Å²) in [5.74, 6) is 0.930. The van der Waals surface area contributed by atoms with Crippen LogP contribution in [0.1, 0.15) is 89.4 Å². The topological polar surface area (TPSA) is 29.5 Å². The lowest BCUT2D eigenvalue weighted by Gasteiger charge is -2.21. The Morgan fingerprint density at radius 1 is 0.893 bits per heavy atom. The second-order valence-electron chi connectivity index (χ2n) is 7.73. The molecule has 1 aromatic carbocycles. The number of carbonyl (C=O) groups excluding carboxylic acids is 1. The summed E-state index contributed by atoms with van der Waals surface area (Å²) in [6.07, 6.45) is 11.1. The third-order valence-corrected chi connectivity index (χ3v) is 4.98. The van der Waals surface area contributed by atoms with Crippen molar-refractivity contribution in [2.45, 2.75) is 79.1 Å². The first kappa shape index (κ1) is 24.4. The van der Waals surface area contributed by atoms with Gasteiger partial charge in [-0.3, -0.25) is 4.79 Å². The van der Waals surface area contributed by atoms with Crippen molar-refractivity contribution in [3.05, 3.63) is 41.5 Å². The van der Waals surface area contributed by atoms with Crippen LogP contribution in [0.5, 0.6) is 5.75 Å². The highest BCUT2D eigenvalue weighted by atomic mass is 16.5. The third-order valence-electron chi connectivity index (χ3n) is 4.98. The molecule has 1 aromatic rings. The van der Waals surface area contributed by atoms with E-state index >= 15 is 0 Å². The van der Waals surface area contributed by atoms with Gasteiger partial charge in [-0.15, -0.1) is 0 Å². The Hall–Kier alpha value is -1.61. The van der Waals surface area contributed by atoms with Gasteiger partial charge in [0, 0.05) is 12.1 Å². The first-order chi connectivity index (χ1) is 13.6. The molecule has 0 spiro atoms. The normalized spacial score (nSPS) is 11.8. The van der Waals surface area contributed by atoms with Crippen LogP contribution in [-0.4, -0.2) is 36.9 Å². The molecule has 3 heteroatoms. The predicted octanol–water partition coefficient (Wildman–Crippen LogP) is 6.68. The minimum atomic E-state index is 0.0858. The Labute approximate surface area is 173 Å². The summed E-state index contributed by atoms with van der Waals surface area (Å²) < 4.78 is 5.88. The van der Waals surface area contributed by atoms with Gasteiger partial charge in [-0.25, -0.2) is 0 Å². The molecule has 0 unspecified atom stereocenters. The molecule has 0 fully saturated rings. The van der Waals surface area contributed by atoms with E-state index < -0.39 is 0 Å². The van der Waals surface area contributed by atoms with Gasteiger partial charge in [-0.05, 0) is 82.5 Å². The SMILES string of the molecule is CCCC/C(C)=C\C(=O)c1ccc(OCCCN(CCCC)CCCC)cc1. The average Bonchev–Trinajstić information content (AvgIpc) is 2.71. The maximum Gasteiger partial charge on any atom is 0.185 e. The van der Waals surface area contributed by atoms with Crippen LogP contribution >= 0.6 is 0 Å². The van der Waals surface area contributed by atoms with E-state index in [1.54, 1.807) is 6.08 Å². The number of hydrogen-bond donors (Lipinski definition) is 0. The Morgan fingerprint density at radius 3 is 2.04 bits per heavy atom. The van der Waals surface area contributed by atoms with Gasteiger partial charge in [0.15, 0.2) is 5.78 Å². The van der Waals surface area contributed by atoms with Crippen molar-refractivity contribution in [1.82, 2.24) is 4.90 Å². The van der Waals surface area contributed by atoms with Crippen LogP contribution in [0, 0.1) is 0 Å². The van der Waals surface area contributed by atoms with Gasteiger partial charge in [0.1, 0.15) is 5.75 Å². The van der Waals surface area contributed by atoms with E-state index in [1.165, 1.54) is 38.8 Å². The van der Waals surface area contributed by atoms with E-state index in [0.717, 1.165) is 55.7 Å². The average molecular weight is 388 g/mol. The standard InChI is InChI=1S/C25H41NO2/c1-5-8-12-22(4)21-25(27)23-13-15-24(16-14-23)28-20-11-19-26(17-9-6-2)18-10-7-3/h13-16,21H,5-12,17-20H2,1-4H3/b22-21-. The number of carbonyl (C=O) groups is 1. The molecule has 0 aromatic heterocycles. The van der Waals surface area contributed by atoms with Gasteiger partial charge in [0.25, 0.3) is 0 Å². The maximum atomic E-state index is 12.3. The summed E-state index contributed by atoms with van der Waals surface area (Å²) >= 11 is 0. The van der Waals surface area contributed by atoms with Crippen LogP contribution in [-0.2, 0) is 0 Å². The van der Waals surface area contributed by atoms with Crippen LogP contribution in [0.25, 0.3) is 0 Å². The number of rotatable bonds is 16. The minimum absolute atomic E-state index is 0.0858. The van der Waals surface area contributed by atoms with Crippen LogP contribution < -0.4 is 4.74 Å². The van der Waals surface area contributed by atoms with Gasteiger partial charge >= 0.3 is 0 Å². The zero-order valence-electron chi connectivity index (χ0n) is 18.6. The number of unbranched alkanes of at least 4 members (excludes halogenated alkanes) is 3. The van der Waals surface area contributed by atoms with Crippen molar-refractivity contribution < 1.29 is 9.53 Å². The highest BCUT2D eigenvalue weighted by molar-refractivity contribution is 6.04. The quantitative estimate of drug-likeness (QED) is 0.180. The minimum Gasteiger partial charge on any atom is -0.494 e. The lowest BCUT2D eigenvalue weighted by molar-refractivity contribution is 0.104. The summed E-state index contributed by atoms with van der Waals surface area (Å²) in [6.45, 7) is 12.9. The molecule has 0 aliphatic rings. The number of ether oxygens (including phenoxy) is 1. The van der Waals surface area contributed by atoms with Crippen molar-refractivity contribution >= 4 is 5.78 Å². The van der Waals surface area contributed by atoms with Gasteiger partial charge < -0.3 is 9.64 Å². The zero-order valence-corrected chi connectivity index (χ0v) is 18.6. The van der Waals surface area contributed by atoms with Crippen LogP contribution in [0.2, 0.25) is 0 Å². The lowest BCUT2D eigenvalue weighted by atomic mass is 10.1. The number of benzene rings is 1. The highest BCUT2D eigenvalue weighted by Crippen LogP contribution is 2.15. The molecule has 0 bridgehead atoms. The number of allylic oxidation sites excluding steroid dienone is 2. The zero-order chi connectivity index (χ0) is 20.6. The molecule has 0 aliphatic carbocycles. The summed E-state index contributed by atoms with van der Waals surface area (Å²) in [7, 11) is 0. The van der Waals surface area contributed by atoms with E-state index in [9.17, 15) is 4.79 Å². The molecule has 3 nitrogen and oxygen atoms in total. The predicted molar refractivity (Wildman–Crippen MR) is 120 cm³/mol. The summed E-state index contributed by atoms with van der Waals surface area (Å²) in [5.41, 5.74) is 1.89. The van der Waals surface area contributed by atoms with Crippen molar-refractivity contribution in [1.29, 1.82) is 0 Å². The first-order valence-electron chi connectivity index (χ1n) is 11.3. The fraction of sp³-hybridized carbons (Fsp3) is 0.640. The van der Waals surface area contributed by atoms with E-state index in [4.69, 9.17) is 4.74 Å². The van der Waals surface area contributed by atoms with Crippen LogP contribution in [0.4, 0.5) is 0 Å². The molecular formula is C25H41NO2. The molecule has 28 heavy (non-hydrogen) atoms. The van der Waals surface area contributed by atoms with E-state index in [2.05, 4.69) is 25.7 Å². The van der Waals surface area contributed by atoms with E-state index in [0.29, 0.717) is 0 Å².